The number of terminal acetylenes is 1. The number of ether oxygens (including phenoxy) is 3. The minimum Gasteiger partial charge on any atom is -0.463 e. The lowest BCUT2D eigenvalue weighted by atomic mass is 9.89. The Labute approximate surface area is 221 Å². The molecule has 9 heteroatoms. The lowest BCUT2D eigenvalue weighted by molar-refractivity contribution is -0.168. The maximum absolute atomic E-state index is 14.3. The number of hydrogen-bond acceptors (Lipinski definition) is 7. The molecule has 0 amide bonds. The van der Waals surface area contributed by atoms with Gasteiger partial charge in [-0.25, -0.2) is 8.42 Å². The summed E-state index contributed by atoms with van der Waals surface area (Å²) < 4.78 is 46.2. The molecule has 0 aliphatic carbocycles. The number of sulfonamides is 1. The van der Waals surface area contributed by atoms with E-state index in [1.165, 1.54) is 26.0 Å². The van der Waals surface area contributed by atoms with Gasteiger partial charge in [0.25, 0.3) is 0 Å². The van der Waals surface area contributed by atoms with Crippen molar-refractivity contribution in [1.82, 2.24) is 4.31 Å². The maximum atomic E-state index is 14.3. The minimum atomic E-state index is -4.15. The second-order valence-corrected chi connectivity index (χ2v) is 11.9. The minimum absolute atomic E-state index is 0.0680. The molecule has 0 aromatic heterocycles. The van der Waals surface area contributed by atoms with E-state index in [1.807, 2.05) is 39.8 Å². The van der Waals surface area contributed by atoms with E-state index in [2.05, 4.69) is 19.8 Å². The zero-order valence-electron chi connectivity index (χ0n) is 23.0. The van der Waals surface area contributed by atoms with Crippen LogP contribution in [0, 0.1) is 12.3 Å². The van der Waals surface area contributed by atoms with Gasteiger partial charge < -0.3 is 14.2 Å². The summed E-state index contributed by atoms with van der Waals surface area (Å²) in [5.74, 6) is 1.43. The maximum Gasteiger partial charge on any atom is 0.303 e. The summed E-state index contributed by atoms with van der Waals surface area (Å²) in [6.07, 6.45) is 5.79. The van der Waals surface area contributed by atoms with Gasteiger partial charge in [0.05, 0.1) is 11.4 Å². The van der Waals surface area contributed by atoms with Gasteiger partial charge in [-0.1, -0.05) is 59.6 Å². The van der Waals surface area contributed by atoms with E-state index in [-0.39, 0.29) is 35.8 Å². The lowest BCUT2D eigenvalue weighted by Gasteiger charge is -2.36. The second kappa shape index (κ2) is 12.7. The van der Waals surface area contributed by atoms with Gasteiger partial charge in [0, 0.05) is 13.8 Å². The van der Waals surface area contributed by atoms with E-state index in [0.29, 0.717) is 11.1 Å². The van der Waals surface area contributed by atoms with Crippen LogP contribution in [0.15, 0.2) is 29.2 Å². The zero-order valence-corrected chi connectivity index (χ0v) is 23.8. The number of carbonyl (C=O) groups excluding carboxylic acids is 2. The first-order valence-electron chi connectivity index (χ1n) is 12.5. The van der Waals surface area contributed by atoms with Crippen LogP contribution in [0.2, 0.25) is 0 Å². The van der Waals surface area contributed by atoms with Crippen molar-refractivity contribution in [1.29, 1.82) is 0 Å². The monoisotopic (exact) mass is 533 g/mol. The standard InChI is InChI=1S/C28H39NO7S/c1-10-13-29(27-12-11-25(35-21(9)31)26(36-27)16-34-20(8)30)37(32,33)28-23(18(4)5)14-22(17(2)3)15-24(28)19(6)7/h1,11-12,14-15,17-19,25-27H,13,16H2,2-9H3/t25-,26+,27+/m0/s1. The van der Waals surface area contributed by atoms with Crippen LogP contribution in [-0.4, -0.2) is 56.2 Å². The Balaban J connectivity index is 2.66. The van der Waals surface area contributed by atoms with Crippen LogP contribution in [0.4, 0.5) is 0 Å². The Hall–Kier alpha value is -2.67. The number of rotatable bonds is 10. The van der Waals surface area contributed by atoms with Crippen LogP contribution in [-0.2, 0) is 33.8 Å². The fraction of sp³-hybridized carbons (Fsp3) is 0.571. The molecule has 3 atom stereocenters. The van der Waals surface area contributed by atoms with Gasteiger partial charge in [-0.2, -0.15) is 4.31 Å². The smallest absolute Gasteiger partial charge is 0.303 e. The number of nitrogens with zero attached hydrogens (tertiary/aromatic N) is 1. The lowest BCUT2D eigenvalue weighted by Crippen LogP contribution is -2.49. The van der Waals surface area contributed by atoms with Crippen molar-refractivity contribution < 1.29 is 32.2 Å². The fourth-order valence-electron chi connectivity index (χ4n) is 4.14. The Morgan fingerprint density at radius 3 is 2.00 bits per heavy atom. The van der Waals surface area contributed by atoms with Crippen molar-refractivity contribution in [2.45, 2.75) is 96.5 Å². The molecule has 1 aromatic carbocycles. The predicted octanol–water partition coefficient (Wildman–Crippen LogP) is 4.46. The SMILES string of the molecule is C#CCN([C@H]1C=C[C@H](OC(C)=O)[C@@H](COC(C)=O)O1)S(=O)(=O)c1c(C(C)C)cc(C(C)C)cc1C(C)C. The first kappa shape index (κ1) is 30.6. The second-order valence-electron chi connectivity index (χ2n) is 10.1. The predicted molar refractivity (Wildman–Crippen MR) is 141 cm³/mol. The third-order valence-electron chi connectivity index (χ3n) is 6.08. The average Bonchev–Trinajstić information content (AvgIpc) is 2.80. The summed E-state index contributed by atoms with van der Waals surface area (Å²) in [6, 6.07) is 3.92. The summed E-state index contributed by atoms with van der Waals surface area (Å²) in [4.78, 5) is 23.2. The van der Waals surface area contributed by atoms with Crippen molar-refractivity contribution >= 4 is 22.0 Å². The fourth-order valence-corrected chi connectivity index (χ4v) is 6.20. The van der Waals surface area contributed by atoms with Gasteiger partial charge in [0.2, 0.25) is 10.0 Å². The Bertz CT molecular complexity index is 1130. The normalized spacial score (nSPS) is 19.9. The summed E-state index contributed by atoms with van der Waals surface area (Å²) >= 11 is 0. The summed E-state index contributed by atoms with van der Waals surface area (Å²) in [7, 11) is -4.15. The molecule has 0 bridgehead atoms. The van der Waals surface area contributed by atoms with Gasteiger partial charge in [-0.3, -0.25) is 9.59 Å². The first-order valence-corrected chi connectivity index (χ1v) is 13.9. The quantitative estimate of drug-likeness (QED) is 0.249. The van der Waals surface area contributed by atoms with E-state index < -0.39 is 40.4 Å². The van der Waals surface area contributed by atoms with Gasteiger partial charge in [-0.15, -0.1) is 6.42 Å². The van der Waals surface area contributed by atoms with Gasteiger partial charge in [-0.05, 0) is 46.6 Å². The topological polar surface area (TPSA) is 99.2 Å². The summed E-state index contributed by atoms with van der Waals surface area (Å²) in [6.45, 7) is 14.0. The van der Waals surface area contributed by atoms with Crippen LogP contribution < -0.4 is 0 Å². The zero-order chi connectivity index (χ0) is 28.1. The molecule has 0 saturated carbocycles. The van der Waals surface area contributed by atoms with Crippen molar-refractivity contribution in [3.8, 4) is 12.3 Å². The molecule has 0 saturated heterocycles. The van der Waals surface area contributed by atoms with Gasteiger partial charge >= 0.3 is 11.9 Å². The third-order valence-corrected chi connectivity index (χ3v) is 8.02. The van der Waals surface area contributed by atoms with Crippen LogP contribution in [0.25, 0.3) is 0 Å². The van der Waals surface area contributed by atoms with Crippen LogP contribution >= 0.6 is 0 Å². The molecule has 0 fully saturated rings. The van der Waals surface area contributed by atoms with E-state index in [9.17, 15) is 18.0 Å². The molecule has 1 aliphatic rings. The highest BCUT2D eigenvalue weighted by molar-refractivity contribution is 7.89. The molecule has 1 heterocycles. The van der Waals surface area contributed by atoms with Crippen molar-refractivity contribution in [2.75, 3.05) is 13.2 Å². The van der Waals surface area contributed by atoms with E-state index in [4.69, 9.17) is 20.6 Å². The Morgan fingerprint density at radius 2 is 1.57 bits per heavy atom. The van der Waals surface area contributed by atoms with Gasteiger partial charge in [0.15, 0.2) is 0 Å². The molecule has 0 spiro atoms. The Morgan fingerprint density at radius 1 is 1.00 bits per heavy atom. The highest BCUT2D eigenvalue weighted by Crippen LogP contribution is 2.37. The molecule has 1 aromatic rings. The molecule has 2 rings (SSSR count). The molecular formula is C28H39NO7S. The van der Waals surface area contributed by atoms with Crippen molar-refractivity contribution in [3.05, 3.63) is 41.0 Å². The highest BCUT2D eigenvalue weighted by atomic mass is 32.2. The van der Waals surface area contributed by atoms with Gasteiger partial charge in [0.1, 0.15) is 25.0 Å². The highest BCUT2D eigenvalue weighted by Gasteiger charge is 2.40. The molecule has 1 aliphatic heterocycles. The van der Waals surface area contributed by atoms with E-state index in [0.717, 1.165) is 9.87 Å². The molecule has 0 radical (unpaired) electrons. The summed E-state index contributed by atoms with van der Waals surface area (Å²) in [5, 5.41) is 0. The molecule has 0 unspecified atom stereocenters. The number of esters is 2. The Kier molecular flexibility index (Phi) is 10.5. The van der Waals surface area contributed by atoms with E-state index in [1.54, 1.807) is 0 Å². The van der Waals surface area contributed by atoms with Crippen LogP contribution in [0.5, 0.6) is 0 Å². The number of carbonyl (C=O) groups is 2. The first-order chi connectivity index (χ1) is 17.2. The molecule has 204 valence electrons. The molecule has 8 nitrogen and oxygen atoms in total. The molecular weight excluding hydrogens is 494 g/mol. The van der Waals surface area contributed by atoms with Crippen molar-refractivity contribution in [2.24, 2.45) is 0 Å². The third kappa shape index (κ3) is 7.44. The average molecular weight is 534 g/mol. The van der Waals surface area contributed by atoms with Crippen molar-refractivity contribution in [3.63, 3.8) is 0 Å². The molecule has 37 heavy (non-hydrogen) atoms. The van der Waals surface area contributed by atoms with Crippen LogP contribution in [0.3, 0.4) is 0 Å². The van der Waals surface area contributed by atoms with E-state index >= 15 is 0 Å². The summed E-state index contributed by atoms with van der Waals surface area (Å²) in [5.41, 5.74) is 2.49. The number of hydrogen-bond donors (Lipinski definition) is 0. The van der Waals surface area contributed by atoms with Crippen LogP contribution in [0.1, 0.15) is 89.8 Å². The largest absolute Gasteiger partial charge is 0.463 e. The number of benzene rings is 1. The molecule has 0 N–H and O–H groups in total.